The molecule has 1 heterocycles. The van der Waals surface area contributed by atoms with Crippen LogP contribution in [0.15, 0.2) is 78.9 Å². The molecule has 0 radical (unpaired) electrons. The molecule has 0 spiro atoms. The smallest absolute Gasteiger partial charge is 0.420 e. The second-order valence-electron chi connectivity index (χ2n) is 8.42. The minimum atomic E-state index is -6.00. The van der Waals surface area contributed by atoms with Crippen molar-refractivity contribution in [1.29, 1.82) is 0 Å². The number of rotatable bonds is 3. The topological polar surface area (TPSA) is 35.0 Å². The van der Waals surface area contributed by atoms with Crippen LogP contribution in [0.5, 0.6) is 11.6 Å². The van der Waals surface area contributed by atoms with Gasteiger partial charge in [0, 0.05) is 16.3 Å². The van der Waals surface area contributed by atoms with Gasteiger partial charge < -0.3 is 4.74 Å². The number of hydrogen-bond acceptors (Lipinski definition) is 3. The Morgan fingerprint density at radius 2 is 1.10 bits per heavy atom. The van der Waals surface area contributed by atoms with Crippen molar-refractivity contribution in [2.45, 2.75) is 18.5 Å². The van der Waals surface area contributed by atoms with Crippen LogP contribution in [-0.2, 0) is 18.5 Å². The van der Waals surface area contributed by atoms with Gasteiger partial charge in [0.2, 0.25) is 5.88 Å². The molecule has 12 heteroatoms. The fraction of sp³-hybridized carbons (Fsp3) is 0.111. The quantitative estimate of drug-likeness (QED) is 0.165. The van der Waals surface area contributed by atoms with Crippen molar-refractivity contribution in [2.24, 2.45) is 0 Å². The Labute approximate surface area is 213 Å². The van der Waals surface area contributed by atoms with Gasteiger partial charge in [-0.1, -0.05) is 54.6 Å². The van der Waals surface area contributed by atoms with Crippen LogP contribution < -0.4 is 4.74 Å². The van der Waals surface area contributed by atoms with E-state index >= 15 is 0 Å². The van der Waals surface area contributed by atoms with Gasteiger partial charge in [0.25, 0.3) is 0 Å². The summed E-state index contributed by atoms with van der Waals surface area (Å²) in [7, 11) is 0. The van der Waals surface area contributed by atoms with Gasteiger partial charge in [-0.2, -0.15) is 39.5 Å². The highest BCUT2D eigenvalue weighted by molar-refractivity contribution is 6.05. The van der Waals surface area contributed by atoms with Crippen LogP contribution in [0.25, 0.3) is 32.8 Å². The predicted molar refractivity (Wildman–Crippen MR) is 124 cm³/mol. The molecule has 0 aliphatic rings. The summed E-state index contributed by atoms with van der Waals surface area (Å²) in [4.78, 5) is 0. The van der Waals surface area contributed by atoms with Crippen molar-refractivity contribution in [1.82, 2.24) is 10.2 Å². The third-order valence-corrected chi connectivity index (χ3v) is 5.91. The maximum absolute atomic E-state index is 13.9. The molecule has 0 amide bonds. The highest BCUT2D eigenvalue weighted by Crippen LogP contribution is 2.51. The molecule has 0 bridgehead atoms. The number of fused-ring (bicyclic) bond motifs is 2. The first-order chi connectivity index (χ1) is 18.2. The van der Waals surface area contributed by atoms with Gasteiger partial charge in [-0.15, -0.1) is 10.2 Å². The maximum atomic E-state index is 13.9. The Morgan fingerprint density at radius 3 is 1.67 bits per heavy atom. The molecular weight excluding hydrogens is 539 g/mol. The van der Waals surface area contributed by atoms with Gasteiger partial charge in [-0.25, -0.2) is 0 Å². The number of aromatic nitrogens is 2. The first kappa shape index (κ1) is 26.3. The summed E-state index contributed by atoms with van der Waals surface area (Å²) in [6.07, 6.45) is -17.6. The van der Waals surface area contributed by atoms with Crippen LogP contribution in [0.4, 0.5) is 39.5 Å². The Bertz CT molecular complexity index is 1690. The van der Waals surface area contributed by atoms with Gasteiger partial charge in [0.05, 0.1) is 11.1 Å². The molecule has 1 aromatic heterocycles. The molecule has 0 aliphatic heterocycles. The number of halogens is 9. The lowest BCUT2D eigenvalue weighted by molar-refractivity contribution is -0.175. The number of benzene rings is 4. The molecule has 0 N–H and O–H groups in total. The number of hydrogen-bond donors (Lipinski definition) is 0. The molecule has 0 saturated carbocycles. The van der Waals surface area contributed by atoms with E-state index in [1.165, 1.54) is 6.07 Å². The summed E-state index contributed by atoms with van der Waals surface area (Å²) in [5, 5.41) is 9.62. The first-order valence-electron chi connectivity index (χ1n) is 11.1. The van der Waals surface area contributed by atoms with E-state index in [-0.39, 0.29) is 17.5 Å². The van der Waals surface area contributed by atoms with Crippen LogP contribution in [0.2, 0.25) is 0 Å². The molecule has 3 nitrogen and oxygen atoms in total. The summed E-state index contributed by atoms with van der Waals surface area (Å²) in [6.45, 7) is 0. The zero-order chi connectivity index (χ0) is 28.2. The van der Waals surface area contributed by atoms with Gasteiger partial charge in [0.1, 0.15) is 17.0 Å². The Morgan fingerprint density at radius 1 is 0.538 bits per heavy atom. The third kappa shape index (κ3) is 4.93. The summed E-state index contributed by atoms with van der Waals surface area (Å²) < 4.78 is 128. The van der Waals surface area contributed by atoms with Gasteiger partial charge in [-0.3, -0.25) is 0 Å². The zero-order valence-electron chi connectivity index (χ0n) is 19.2. The van der Waals surface area contributed by atoms with Crippen LogP contribution in [0.3, 0.4) is 0 Å². The van der Waals surface area contributed by atoms with E-state index in [0.717, 1.165) is 0 Å². The largest absolute Gasteiger partial charge is 0.436 e. The van der Waals surface area contributed by atoms with E-state index in [4.69, 9.17) is 4.74 Å². The Hall–Kier alpha value is -4.35. The van der Waals surface area contributed by atoms with E-state index in [1.807, 2.05) is 0 Å². The minimum Gasteiger partial charge on any atom is -0.436 e. The number of nitrogens with zero attached hydrogens (tertiary/aromatic N) is 2. The number of ether oxygens (including phenoxy) is 1. The van der Waals surface area contributed by atoms with Gasteiger partial charge in [0.15, 0.2) is 0 Å². The lowest BCUT2D eigenvalue weighted by Gasteiger charge is -2.23. The first-order valence-corrected chi connectivity index (χ1v) is 11.1. The third-order valence-electron chi connectivity index (χ3n) is 5.91. The molecule has 0 fully saturated rings. The van der Waals surface area contributed by atoms with Crippen molar-refractivity contribution >= 4 is 21.5 Å². The number of alkyl halides is 9. The monoisotopic (exact) mass is 552 g/mol. The van der Waals surface area contributed by atoms with Crippen molar-refractivity contribution in [2.75, 3.05) is 0 Å². The van der Waals surface area contributed by atoms with Gasteiger partial charge in [-0.05, 0) is 35.0 Å². The molecular formula is C27H13F9N2O. The summed E-state index contributed by atoms with van der Waals surface area (Å²) >= 11 is 0. The van der Waals surface area contributed by atoms with E-state index in [1.54, 1.807) is 60.7 Å². The van der Waals surface area contributed by atoms with Crippen molar-refractivity contribution in [3.63, 3.8) is 0 Å². The second-order valence-corrected chi connectivity index (χ2v) is 8.42. The molecule has 5 rings (SSSR count). The normalized spacial score (nSPS) is 12.7. The second kappa shape index (κ2) is 9.14. The van der Waals surface area contributed by atoms with Crippen LogP contribution in [0.1, 0.15) is 16.7 Å². The Kier molecular flexibility index (Phi) is 6.15. The maximum Gasteiger partial charge on any atom is 0.420 e. The summed E-state index contributed by atoms with van der Waals surface area (Å²) in [5.41, 5.74) is -7.11. The zero-order valence-corrected chi connectivity index (χ0v) is 19.2. The molecule has 0 aliphatic carbocycles. The molecule has 4 aromatic carbocycles. The summed E-state index contributed by atoms with van der Waals surface area (Å²) in [6, 6.07) is 18.7. The highest BCUT2D eigenvalue weighted by atomic mass is 19.4. The summed E-state index contributed by atoms with van der Waals surface area (Å²) in [5.74, 6) is -2.12. The predicted octanol–water partition coefficient (Wildman–Crippen LogP) is 9.30. The lowest BCUT2D eigenvalue weighted by Crippen LogP contribution is -2.23. The standard InChI is InChI=1S/C27H13F9N2O/c28-25(29,30)19-10-11-20(22(27(34,35)36)21(19)26(31,32)33)39-24-18-13-16-9-5-4-8-15(16)12-17(18)23(37-38-24)14-6-2-1-3-7-14/h1-13H. The molecule has 5 aromatic rings. The molecule has 0 unspecified atom stereocenters. The van der Waals surface area contributed by atoms with Crippen molar-refractivity contribution < 1.29 is 44.3 Å². The van der Waals surface area contributed by atoms with E-state index < -0.39 is 46.8 Å². The molecule has 0 saturated heterocycles. The van der Waals surface area contributed by atoms with Crippen molar-refractivity contribution in [3.8, 4) is 22.9 Å². The van der Waals surface area contributed by atoms with Crippen LogP contribution >= 0.6 is 0 Å². The average molecular weight is 552 g/mol. The van der Waals surface area contributed by atoms with Crippen molar-refractivity contribution in [3.05, 3.63) is 95.6 Å². The van der Waals surface area contributed by atoms with E-state index in [2.05, 4.69) is 10.2 Å². The molecule has 0 atom stereocenters. The Balaban J connectivity index is 1.79. The molecule has 39 heavy (non-hydrogen) atoms. The highest BCUT2D eigenvalue weighted by Gasteiger charge is 2.52. The fourth-order valence-electron chi connectivity index (χ4n) is 4.29. The SMILES string of the molecule is FC(F)(F)c1ccc(Oc2nnc(-c3ccccc3)c3cc4ccccc4cc23)c(C(F)(F)F)c1C(F)(F)F. The lowest BCUT2D eigenvalue weighted by atomic mass is 9.98. The average Bonchev–Trinajstić information content (AvgIpc) is 2.86. The fourth-order valence-corrected chi connectivity index (χ4v) is 4.29. The van der Waals surface area contributed by atoms with E-state index in [9.17, 15) is 39.5 Å². The molecule has 200 valence electrons. The van der Waals surface area contributed by atoms with Gasteiger partial charge >= 0.3 is 18.5 Å². The van der Waals surface area contributed by atoms with Crippen LogP contribution in [-0.4, -0.2) is 10.2 Å². The van der Waals surface area contributed by atoms with E-state index in [0.29, 0.717) is 27.4 Å². The van der Waals surface area contributed by atoms with Crippen LogP contribution in [0, 0.1) is 0 Å². The minimum absolute atomic E-state index is 0.0872.